The van der Waals surface area contributed by atoms with Crippen molar-refractivity contribution in [2.75, 3.05) is 13.1 Å². The van der Waals surface area contributed by atoms with Gasteiger partial charge in [-0.05, 0) is 37.8 Å². The van der Waals surface area contributed by atoms with Crippen LogP contribution in [0.1, 0.15) is 56.0 Å². The van der Waals surface area contributed by atoms with Crippen LogP contribution in [0.2, 0.25) is 0 Å². The Bertz CT molecular complexity index is 507. The van der Waals surface area contributed by atoms with Crippen LogP contribution in [0.5, 0.6) is 0 Å². The molecule has 24 heavy (non-hydrogen) atoms. The number of piperidine rings is 1. The molecular weight excluding hydrogens is 330 g/mol. The van der Waals surface area contributed by atoms with Crippen LogP contribution in [0.15, 0.2) is 22.8 Å². The van der Waals surface area contributed by atoms with Crippen molar-refractivity contribution in [2.45, 2.75) is 57.5 Å². The maximum atomic E-state index is 12.6. The fourth-order valence-electron chi connectivity index (χ4n) is 2.99. The van der Waals surface area contributed by atoms with Crippen LogP contribution in [0.3, 0.4) is 0 Å². The SMILES string of the molecule is CCCCC(CN)NC(=O)C1CCCCN1C(=O)c1ccco1.Cl. The summed E-state index contributed by atoms with van der Waals surface area (Å²) in [6.45, 7) is 3.12. The zero-order chi connectivity index (χ0) is 16.7. The topological polar surface area (TPSA) is 88.6 Å². The number of nitrogens with two attached hydrogens (primary N) is 1. The Kier molecular flexibility index (Phi) is 8.85. The third kappa shape index (κ3) is 5.24. The van der Waals surface area contributed by atoms with Crippen molar-refractivity contribution in [3.63, 3.8) is 0 Å². The van der Waals surface area contributed by atoms with Gasteiger partial charge >= 0.3 is 0 Å². The first kappa shape index (κ1) is 20.5. The summed E-state index contributed by atoms with van der Waals surface area (Å²) in [5.74, 6) is -0.0325. The minimum atomic E-state index is -0.433. The van der Waals surface area contributed by atoms with Crippen LogP contribution in [-0.4, -0.2) is 41.9 Å². The number of nitrogens with zero attached hydrogens (tertiary/aromatic N) is 1. The largest absolute Gasteiger partial charge is 0.459 e. The van der Waals surface area contributed by atoms with Gasteiger partial charge in [-0.2, -0.15) is 0 Å². The second-order valence-corrected chi connectivity index (χ2v) is 6.07. The molecule has 7 heteroatoms. The lowest BCUT2D eigenvalue weighted by Gasteiger charge is -2.35. The number of likely N-dealkylation sites (tertiary alicyclic amines) is 1. The Balaban J connectivity index is 0.00000288. The summed E-state index contributed by atoms with van der Waals surface area (Å²) in [7, 11) is 0. The van der Waals surface area contributed by atoms with Gasteiger partial charge in [0.15, 0.2) is 5.76 Å². The highest BCUT2D eigenvalue weighted by molar-refractivity contribution is 5.95. The first-order valence-corrected chi connectivity index (χ1v) is 8.52. The Morgan fingerprint density at radius 3 is 2.88 bits per heavy atom. The minimum Gasteiger partial charge on any atom is -0.459 e. The molecule has 1 aliphatic rings. The third-order valence-corrected chi connectivity index (χ3v) is 4.34. The lowest BCUT2D eigenvalue weighted by molar-refractivity contribution is -0.127. The first-order valence-electron chi connectivity index (χ1n) is 8.52. The number of furan rings is 1. The van der Waals surface area contributed by atoms with E-state index in [0.29, 0.717) is 19.5 Å². The number of unbranched alkanes of at least 4 members (excludes halogenated alkanes) is 1. The van der Waals surface area contributed by atoms with Crippen LogP contribution < -0.4 is 11.1 Å². The highest BCUT2D eigenvalue weighted by Gasteiger charge is 2.34. The van der Waals surface area contributed by atoms with Gasteiger partial charge in [-0.3, -0.25) is 9.59 Å². The van der Waals surface area contributed by atoms with Crippen molar-refractivity contribution in [3.05, 3.63) is 24.2 Å². The maximum Gasteiger partial charge on any atom is 0.290 e. The molecule has 2 amide bonds. The van der Waals surface area contributed by atoms with Gasteiger partial charge in [-0.25, -0.2) is 0 Å². The molecule has 0 radical (unpaired) electrons. The van der Waals surface area contributed by atoms with Crippen LogP contribution >= 0.6 is 12.4 Å². The van der Waals surface area contributed by atoms with E-state index in [-0.39, 0.29) is 36.0 Å². The molecule has 3 N–H and O–H groups in total. The molecule has 1 aliphatic heterocycles. The van der Waals surface area contributed by atoms with E-state index in [4.69, 9.17) is 10.2 Å². The minimum absolute atomic E-state index is 0. The monoisotopic (exact) mass is 357 g/mol. The van der Waals surface area contributed by atoms with Gasteiger partial charge in [0.25, 0.3) is 5.91 Å². The molecule has 2 atom stereocenters. The van der Waals surface area contributed by atoms with Crippen LogP contribution in [0, 0.1) is 0 Å². The van der Waals surface area contributed by atoms with E-state index in [2.05, 4.69) is 12.2 Å². The Hall–Kier alpha value is -1.53. The van der Waals surface area contributed by atoms with Crippen molar-refractivity contribution in [3.8, 4) is 0 Å². The van der Waals surface area contributed by atoms with Crippen molar-refractivity contribution < 1.29 is 14.0 Å². The van der Waals surface area contributed by atoms with E-state index in [9.17, 15) is 9.59 Å². The molecule has 1 aromatic heterocycles. The van der Waals surface area contributed by atoms with Gasteiger partial charge in [0.1, 0.15) is 6.04 Å². The van der Waals surface area contributed by atoms with Gasteiger partial charge in [-0.15, -0.1) is 12.4 Å². The average Bonchev–Trinajstić information content (AvgIpc) is 3.12. The van der Waals surface area contributed by atoms with Crippen molar-refractivity contribution in [1.29, 1.82) is 0 Å². The number of halogens is 1. The molecule has 2 rings (SSSR count). The molecule has 1 saturated heterocycles. The van der Waals surface area contributed by atoms with E-state index < -0.39 is 6.04 Å². The second kappa shape index (κ2) is 10.4. The Labute approximate surface area is 149 Å². The average molecular weight is 358 g/mol. The lowest BCUT2D eigenvalue weighted by Crippen LogP contribution is -2.54. The van der Waals surface area contributed by atoms with Gasteiger partial charge in [0.05, 0.1) is 6.26 Å². The molecule has 2 unspecified atom stereocenters. The molecule has 0 aliphatic carbocycles. The lowest BCUT2D eigenvalue weighted by atomic mass is 10.00. The highest BCUT2D eigenvalue weighted by atomic mass is 35.5. The van der Waals surface area contributed by atoms with Crippen LogP contribution in [0.25, 0.3) is 0 Å². The van der Waals surface area contributed by atoms with Crippen LogP contribution in [0.4, 0.5) is 0 Å². The Morgan fingerprint density at radius 1 is 1.46 bits per heavy atom. The molecule has 0 bridgehead atoms. The number of amides is 2. The number of hydrogen-bond acceptors (Lipinski definition) is 4. The standard InChI is InChI=1S/C17H27N3O3.ClH/c1-2-3-7-13(12-18)19-16(21)14-8-4-5-10-20(14)17(22)15-9-6-11-23-15;/h6,9,11,13-14H,2-5,7-8,10,12,18H2,1H3,(H,19,21);1H. The predicted octanol–water partition coefficient (Wildman–Crippen LogP) is 2.33. The van der Waals surface area contributed by atoms with E-state index in [1.54, 1.807) is 17.0 Å². The fraction of sp³-hybridized carbons (Fsp3) is 0.647. The van der Waals surface area contributed by atoms with Gasteiger partial charge in [-0.1, -0.05) is 19.8 Å². The number of carbonyl (C=O) groups excluding carboxylic acids is 2. The van der Waals surface area contributed by atoms with E-state index in [1.807, 2.05) is 0 Å². The van der Waals surface area contributed by atoms with E-state index in [1.165, 1.54) is 6.26 Å². The Morgan fingerprint density at radius 2 is 2.25 bits per heavy atom. The zero-order valence-electron chi connectivity index (χ0n) is 14.2. The predicted molar refractivity (Wildman–Crippen MR) is 95.1 cm³/mol. The quantitative estimate of drug-likeness (QED) is 0.783. The summed E-state index contributed by atoms with van der Waals surface area (Å²) < 4.78 is 5.19. The van der Waals surface area contributed by atoms with E-state index in [0.717, 1.165) is 32.1 Å². The fourth-order valence-corrected chi connectivity index (χ4v) is 2.99. The number of rotatable bonds is 7. The maximum absolute atomic E-state index is 12.6. The number of hydrogen-bond donors (Lipinski definition) is 2. The van der Waals surface area contributed by atoms with Gasteiger partial charge in [0.2, 0.25) is 5.91 Å². The summed E-state index contributed by atoms with van der Waals surface area (Å²) in [5, 5.41) is 3.01. The molecule has 2 heterocycles. The summed E-state index contributed by atoms with van der Waals surface area (Å²) in [5.41, 5.74) is 5.75. The molecule has 1 aromatic rings. The number of nitrogens with one attached hydrogen (secondary N) is 1. The number of carbonyl (C=O) groups is 2. The molecule has 136 valence electrons. The smallest absolute Gasteiger partial charge is 0.290 e. The third-order valence-electron chi connectivity index (χ3n) is 4.34. The molecule has 0 aromatic carbocycles. The molecule has 0 spiro atoms. The summed E-state index contributed by atoms with van der Waals surface area (Å²) in [6.07, 6.45) is 6.98. The first-order chi connectivity index (χ1) is 11.2. The summed E-state index contributed by atoms with van der Waals surface area (Å²) >= 11 is 0. The molecular formula is C17H28ClN3O3. The van der Waals surface area contributed by atoms with Crippen molar-refractivity contribution in [1.82, 2.24) is 10.2 Å². The van der Waals surface area contributed by atoms with Gasteiger partial charge < -0.3 is 20.4 Å². The van der Waals surface area contributed by atoms with Gasteiger partial charge in [0, 0.05) is 19.1 Å². The summed E-state index contributed by atoms with van der Waals surface area (Å²) in [4.78, 5) is 26.8. The second-order valence-electron chi connectivity index (χ2n) is 6.07. The normalized spacial score (nSPS) is 18.6. The molecule has 0 saturated carbocycles. The highest BCUT2D eigenvalue weighted by Crippen LogP contribution is 2.20. The van der Waals surface area contributed by atoms with Crippen molar-refractivity contribution in [2.24, 2.45) is 5.73 Å². The zero-order valence-corrected chi connectivity index (χ0v) is 15.0. The summed E-state index contributed by atoms with van der Waals surface area (Å²) in [6, 6.07) is 2.86. The van der Waals surface area contributed by atoms with Crippen molar-refractivity contribution >= 4 is 24.2 Å². The van der Waals surface area contributed by atoms with Crippen LogP contribution in [-0.2, 0) is 4.79 Å². The van der Waals surface area contributed by atoms with E-state index >= 15 is 0 Å². The molecule has 1 fully saturated rings. The molecule has 6 nitrogen and oxygen atoms in total.